The zero-order chi connectivity index (χ0) is 20.5. The van der Waals surface area contributed by atoms with Crippen LogP contribution in [-0.2, 0) is 4.79 Å². The van der Waals surface area contributed by atoms with Gasteiger partial charge in [-0.2, -0.15) is 0 Å². The van der Waals surface area contributed by atoms with Gasteiger partial charge < -0.3 is 10.0 Å². The van der Waals surface area contributed by atoms with Gasteiger partial charge in [-0.05, 0) is 62.4 Å². The molecule has 29 heavy (non-hydrogen) atoms. The van der Waals surface area contributed by atoms with Gasteiger partial charge in [0.15, 0.2) is 0 Å². The van der Waals surface area contributed by atoms with Crippen LogP contribution in [0.2, 0.25) is 0 Å². The Kier molecular flexibility index (Phi) is 5.46. The number of carboxylic acids is 1. The third kappa shape index (κ3) is 3.69. The molecule has 2 heterocycles. The number of hydrogen-bond acceptors (Lipinski definition) is 3. The molecule has 2 atom stereocenters. The molecular weight excluding hydrogens is 360 g/mol. The number of hydrogen-bond donors (Lipinski definition) is 1. The SMILES string of the molecule is Cc1ccccc1C1c2ccccc2C(C(=O)O)=CN1CC1CCCN1C(C)C. The van der Waals surface area contributed by atoms with Gasteiger partial charge >= 0.3 is 5.97 Å². The predicted molar refractivity (Wildman–Crippen MR) is 117 cm³/mol. The zero-order valence-electron chi connectivity index (χ0n) is 17.5. The Morgan fingerprint density at radius 3 is 2.48 bits per heavy atom. The Hall–Kier alpha value is -2.59. The van der Waals surface area contributed by atoms with Crippen molar-refractivity contribution in [2.75, 3.05) is 13.1 Å². The van der Waals surface area contributed by atoms with Crippen LogP contribution in [0.5, 0.6) is 0 Å². The van der Waals surface area contributed by atoms with Gasteiger partial charge in [-0.1, -0.05) is 48.5 Å². The van der Waals surface area contributed by atoms with Crippen LogP contribution in [0.3, 0.4) is 0 Å². The highest BCUT2D eigenvalue weighted by atomic mass is 16.4. The number of nitrogens with zero attached hydrogens (tertiary/aromatic N) is 2. The predicted octanol–water partition coefficient (Wildman–Crippen LogP) is 4.70. The van der Waals surface area contributed by atoms with Gasteiger partial charge in [0.25, 0.3) is 0 Å². The zero-order valence-corrected chi connectivity index (χ0v) is 17.5. The van der Waals surface area contributed by atoms with E-state index in [0.29, 0.717) is 17.7 Å². The topological polar surface area (TPSA) is 43.8 Å². The molecule has 2 aromatic carbocycles. The summed E-state index contributed by atoms with van der Waals surface area (Å²) in [5.74, 6) is -0.863. The first kappa shape index (κ1) is 19.7. The van der Waals surface area contributed by atoms with Crippen molar-refractivity contribution in [3.8, 4) is 0 Å². The van der Waals surface area contributed by atoms with E-state index in [2.05, 4.69) is 60.9 Å². The summed E-state index contributed by atoms with van der Waals surface area (Å²) in [6.07, 6.45) is 4.25. The lowest BCUT2D eigenvalue weighted by Gasteiger charge is -2.41. The maximum atomic E-state index is 12.1. The van der Waals surface area contributed by atoms with Crippen LogP contribution >= 0.6 is 0 Å². The minimum atomic E-state index is -0.863. The lowest BCUT2D eigenvalue weighted by molar-refractivity contribution is -0.130. The van der Waals surface area contributed by atoms with E-state index >= 15 is 0 Å². The molecule has 4 heteroatoms. The van der Waals surface area contributed by atoms with Gasteiger partial charge in [-0.25, -0.2) is 4.79 Å². The van der Waals surface area contributed by atoms with Crippen molar-refractivity contribution in [2.45, 2.75) is 51.7 Å². The number of benzene rings is 2. The Labute approximate surface area is 173 Å². The molecule has 4 nitrogen and oxygen atoms in total. The van der Waals surface area contributed by atoms with Crippen LogP contribution < -0.4 is 0 Å². The third-order valence-electron chi connectivity index (χ3n) is 6.39. The van der Waals surface area contributed by atoms with E-state index in [0.717, 1.165) is 30.6 Å². The van der Waals surface area contributed by atoms with E-state index in [1.807, 2.05) is 24.4 Å². The minimum Gasteiger partial charge on any atom is -0.478 e. The second kappa shape index (κ2) is 8.03. The number of aryl methyl sites for hydroxylation is 1. The van der Waals surface area contributed by atoms with Crippen molar-refractivity contribution >= 4 is 11.5 Å². The second-order valence-electron chi connectivity index (χ2n) is 8.52. The summed E-state index contributed by atoms with van der Waals surface area (Å²) in [6.45, 7) is 8.60. The average Bonchev–Trinajstić information content (AvgIpc) is 3.16. The van der Waals surface area contributed by atoms with Crippen molar-refractivity contribution < 1.29 is 9.90 Å². The van der Waals surface area contributed by atoms with Crippen LogP contribution in [-0.4, -0.2) is 46.0 Å². The third-order valence-corrected chi connectivity index (χ3v) is 6.39. The number of carboxylic acid groups (broad SMARTS) is 1. The molecule has 152 valence electrons. The molecule has 0 radical (unpaired) electrons. The molecule has 0 aliphatic carbocycles. The minimum absolute atomic E-state index is 0.0325. The van der Waals surface area contributed by atoms with Gasteiger partial charge in [0.05, 0.1) is 11.6 Å². The summed E-state index contributed by atoms with van der Waals surface area (Å²) in [5.41, 5.74) is 4.78. The summed E-state index contributed by atoms with van der Waals surface area (Å²) >= 11 is 0. The van der Waals surface area contributed by atoms with Gasteiger partial charge in [0, 0.05) is 24.8 Å². The summed E-state index contributed by atoms with van der Waals surface area (Å²) in [6, 6.07) is 17.4. The Morgan fingerprint density at radius 1 is 1.10 bits per heavy atom. The highest BCUT2D eigenvalue weighted by Gasteiger charge is 2.35. The van der Waals surface area contributed by atoms with Gasteiger partial charge in [-0.3, -0.25) is 4.90 Å². The molecule has 0 saturated carbocycles. The maximum absolute atomic E-state index is 12.1. The smallest absolute Gasteiger partial charge is 0.337 e. The Morgan fingerprint density at radius 2 is 1.79 bits per heavy atom. The first-order valence-corrected chi connectivity index (χ1v) is 10.6. The lowest BCUT2D eigenvalue weighted by atomic mass is 9.85. The molecule has 4 rings (SSSR count). The highest BCUT2D eigenvalue weighted by molar-refractivity contribution is 6.16. The monoisotopic (exact) mass is 390 g/mol. The van der Waals surface area contributed by atoms with E-state index in [1.54, 1.807) is 0 Å². The molecule has 1 saturated heterocycles. The lowest BCUT2D eigenvalue weighted by Crippen LogP contribution is -2.44. The van der Waals surface area contributed by atoms with Crippen molar-refractivity contribution in [3.05, 3.63) is 77.0 Å². The molecule has 2 aromatic rings. The number of rotatable bonds is 5. The molecule has 2 unspecified atom stereocenters. The maximum Gasteiger partial charge on any atom is 0.337 e. The van der Waals surface area contributed by atoms with Crippen molar-refractivity contribution in [2.24, 2.45) is 0 Å². The normalized spacial score (nSPS) is 21.9. The van der Waals surface area contributed by atoms with Crippen molar-refractivity contribution in [3.63, 3.8) is 0 Å². The van der Waals surface area contributed by atoms with Crippen LogP contribution in [0.1, 0.15) is 55.0 Å². The van der Waals surface area contributed by atoms with Crippen LogP contribution in [0.4, 0.5) is 0 Å². The Balaban J connectivity index is 1.81. The van der Waals surface area contributed by atoms with E-state index < -0.39 is 5.97 Å². The highest BCUT2D eigenvalue weighted by Crippen LogP contribution is 2.40. The number of likely N-dealkylation sites (tertiary alicyclic amines) is 1. The standard InChI is InChI=1S/C25H30N2O2/c1-17(2)27-14-8-10-19(27)15-26-16-23(25(28)29)21-12-6-7-13-22(21)24(26)20-11-5-4-9-18(20)3/h4-7,9,11-13,16-17,19,24H,8,10,14-15H2,1-3H3,(H,28,29). The van der Waals surface area contributed by atoms with E-state index in [9.17, 15) is 9.90 Å². The molecule has 2 aliphatic heterocycles. The van der Waals surface area contributed by atoms with Crippen molar-refractivity contribution in [1.82, 2.24) is 9.80 Å². The van der Waals surface area contributed by atoms with Crippen LogP contribution in [0.15, 0.2) is 54.7 Å². The number of fused-ring (bicyclic) bond motifs is 1. The van der Waals surface area contributed by atoms with Crippen LogP contribution in [0.25, 0.3) is 5.57 Å². The van der Waals surface area contributed by atoms with E-state index in [-0.39, 0.29) is 6.04 Å². The quantitative estimate of drug-likeness (QED) is 0.804. The van der Waals surface area contributed by atoms with E-state index in [1.165, 1.54) is 17.5 Å². The first-order chi connectivity index (χ1) is 14.0. The number of aliphatic carboxylic acids is 1. The molecule has 0 spiro atoms. The Bertz CT molecular complexity index is 934. The summed E-state index contributed by atoms with van der Waals surface area (Å²) in [5, 5.41) is 9.91. The molecule has 0 amide bonds. The van der Waals surface area contributed by atoms with Gasteiger partial charge in [-0.15, -0.1) is 0 Å². The molecule has 2 aliphatic rings. The van der Waals surface area contributed by atoms with E-state index in [4.69, 9.17) is 0 Å². The van der Waals surface area contributed by atoms with Gasteiger partial charge in [0.1, 0.15) is 0 Å². The largest absolute Gasteiger partial charge is 0.478 e. The summed E-state index contributed by atoms with van der Waals surface area (Å²) < 4.78 is 0. The molecule has 0 bridgehead atoms. The fourth-order valence-corrected chi connectivity index (χ4v) is 5.01. The van der Waals surface area contributed by atoms with Gasteiger partial charge in [0.2, 0.25) is 0 Å². The molecule has 1 N–H and O–H groups in total. The average molecular weight is 391 g/mol. The molecule has 0 aromatic heterocycles. The molecular formula is C25H30N2O2. The summed E-state index contributed by atoms with van der Waals surface area (Å²) in [7, 11) is 0. The second-order valence-corrected chi connectivity index (χ2v) is 8.52. The summed E-state index contributed by atoms with van der Waals surface area (Å²) in [4.78, 5) is 16.9. The molecule has 1 fully saturated rings. The van der Waals surface area contributed by atoms with Crippen molar-refractivity contribution in [1.29, 1.82) is 0 Å². The first-order valence-electron chi connectivity index (χ1n) is 10.6. The van der Waals surface area contributed by atoms with Crippen LogP contribution in [0, 0.1) is 6.92 Å². The fourth-order valence-electron chi connectivity index (χ4n) is 5.01. The number of carbonyl (C=O) groups is 1. The fraction of sp³-hybridized carbons (Fsp3) is 0.400.